The summed E-state index contributed by atoms with van der Waals surface area (Å²) in [6.45, 7) is 3.76. The quantitative estimate of drug-likeness (QED) is 0.375. The van der Waals surface area contributed by atoms with E-state index in [1.165, 1.54) is 14.2 Å². The summed E-state index contributed by atoms with van der Waals surface area (Å²) >= 11 is 10.3. The maximum atomic E-state index is 12.4. The summed E-state index contributed by atoms with van der Waals surface area (Å²) in [5.41, 5.74) is 1.80. The first-order valence-electron chi connectivity index (χ1n) is 7.57. The third kappa shape index (κ3) is 4.77. The van der Waals surface area contributed by atoms with Crippen molar-refractivity contribution in [3.05, 3.63) is 39.4 Å². The van der Waals surface area contributed by atoms with E-state index in [0.29, 0.717) is 5.75 Å². The van der Waals surface area contributed by atoms with Crippen LogP contribution in [-0.2, 0) is 16.0 Å². The summed E-state index contributed by atoms with van der Waals surface area (Å²) in [7, 11) is 2.75. The number of phenolic OH excluding ortho intramolecular Hbond substituents is 1. The van der Waals surface area contributed by atoms with Gasteiger partial charge in [0.2, 0.25) is 0 Å². The van der Waals surface area contributed by atoms with Gasteiger partial charge < -0.3 is 18.8 Å². The molecule has 2 aromatic rings. The fourth-order valence-electron chi connectivity index (χ4n) is 2.22. The average molecular weight is 433 g/mol. The van der Waals surface area contributed by atoms with E-state index in [1.54, 1.807) is 6.07 Å². The molecule has 27 heavy (non-hydrogen) atoms. The molecular formula is C17H18Cl2N2O5S. The number of nitrogens with zero attached hydrogens (tertiary/aromatic N) is 1. The number of halogens is 2. The highest BCUT2D eigenvalue weighted by molar-refractivity contribution is 7.82. The van der Waals surface area contributed by atoms with Gasteiger partial charge in [0.15, 0.2) is 17.9 Å². The molecule has 10 heteroatoms. The lowest BCUT2D eigenvalue weighted by Crippen LogP contribution is -2.12. The average Bonchev–Trinajstić information content (AvgIpc) is 2.63. The smallest absolute Gasteiger partial charge is 0.316 e. The van der Waals surface area contributed by atoms with Crippen LogP contribution in [0.4, 0.5) is 11.4 Å². The van der Waals surface area contributed by atoms with Crippen LogP contribution in [0.25, 0.3) is 0 Å². The monoisotopic (exact) mass is 432 g/mol. The highest BCUT2D eigenvalue weighted by Crippen LogP contribution is 2.52. The molecule has 0 bridgehead atoms. The van der Waals surface area contributed by atoms with E-state index >= 15 is 0 Å². The molecule has 0 amide bonds. The summed E-state index contributed by atoms with van der Waals surface area (Å²) in [5.74, 6) is 0.0310. The second-order valence-corrected chi connectivity index (χ2v) is 6.99. The van der Waals surface area contributed by atoms with Crippen LogP contribution >= 0.6 is 23.2 Å². The molecule has 0 radical (unpaired) electrons. The van der Waals surface area contributed by atoms with Crippen LogP contribution in [0.15, 0.2) is 23.2 Å². The second kappa shape index (κ2) is 9.16. The minimum Gasteiger partial charge on any atom is -0.504 e. The highest BCUT2D eigenvalue weighted by atomic mass is 35.5. The second-order valence-electron chi connectivity index (χ2n) is 5.39. The molecule has 0 aliphatic heterocycles. The van der Waals surface area contributed by atoms with E-state index in [-0.39, 0.29) is 27.2 Å². The Hall–Kier alpha value is -2.16. The number of benzene rings is 2. The van der Waals surface area contributed by atoms with Gasteiger partial charge in [0.25, 0.3) is 0 Å². The summed E-state index contributed by atoms with van der Waals surface area (Å²) < 4.78 is 30.2. The number of methoxy groups -OCH3 is 2. The van der Waals surface area contributed by atoms with Gasteiger partial charge in [-0.05, 0) is 25.5 Å². The van der Waals surface area contributed by atoms with Gasteiger partial charge in [-0.25, -0.2) is 4.99 Å². The number of hydrogen-bond acceptors (Lipinski definition) is 6. The minimum absolute atomic E-state index is 0.0650. The molecule has 146 valence electrons. The number of nitrogens with one attached hydrogen (secondary N) is 1. The Balaban J connectivity index is 2.36. The molecule has 7 nitrogen and oxygen atoms in total. The normalized spacial score (nSPS) is 12.1. The Morgan fingerprint density at radius 1 is 1.22 bits per heavy atom. The molecule has 2 aromatic carbocycles. The molecule has 0 spiro atoms. The van der Waals surface area contributed by atoms with Gasteiger partial charge in [0, 0.05) is 0 Å². The maximum Gasteiger partial charge on any atom is 0.316 e. The van der Waals surface area contributed by atoms with Gasteiger partial charge >= 0.3 is 11.3 Å². The van der Waals surface area contributed by atoms with Crippen molar-refractivity contribution in [3.8, 4) is 17.2 Å². The number of anilines is 1. The third-order valence-electron chi connectivity index (χ3n) is 3.46. The topological polar surface area (TPSA) is 89.4 Å². The van der Waals surface area contributed by atoms with Crippen molar-refractivity contribution in [2.45, 2.75) is 13.8 Å². The summed E-state index contributed by atoms with van der Waals surface area (Å²) in [4.78, 5) is 3.94. The zero-order valence-corrected chi connectivity index (χ0v) is 17.3. The molecule has 1 unspecified atom stereocenters. The number of aromatic hydroxyl groups is 1. The lowest BCUT2D eigenvalue weighted by Gasteiger charge is -2.16. The molecule has 0 aliphatic rings. The van der Waals surface area contributed by atoms with Crippen molar-refractivity contribution in [2.24, 2.45) is 4.99 Å². The van der Waals surface area contributed by atoms with Crippen LogP contribution < -0.4 is 13.6 Å². The van der Waals surface area contributed by atoms with E-state index in [0.717, 1.165) is 17.5 Å². The highest BCUT2D eigenvalue weighted by Gasteiger charge is 2.24. The first-order chi connectivity index (χ1) is 12.8. The molecular weight excluding hydrogens is 415 g/mol. The first kappa shape index (κ1) is 21.1. The van der Waals surface area contributed by atoms with Crippen LogP contribution in [0, 0.1) is 13.8 Å². The van der Waals surface area contributed by atoms with Crippen molar-refractivity contribution in [2.75, 3.05) is 18.9 Å². The predicted molar refractivity (Wildman–Crippen MR) is 108 cm³/mol. The fourth-order valence-corrected chi connectivity index (χ4v) is 3.57. The lowest BCUT2D eigenvalue weighted by atomic mass is 10.1. The van der Waals surface area contributed by atoms with Crippen molar-refractivity contribution in [3.63, 3.8) is 0 Å². The van der Waals surface area contributed by atoms with E-state index in [9.17, 15) is 9.32 Å². The van der Waals surface area contributed by atoms with E-state index in [2.05, 4.69) is 9.71 Å². The Kier molecular flexibility index (Phi) is 7.18. The van der Waals surface area contributed by atoms with Gasteiger partial charge in [-0.15, -0.1) is 0 Å². The van der Waals surface area contributed by atoms with Gasteiger partial charge in [-0.1, -0.05) is 40.9 Å². The molecule has 0 aliphatic carbocycles. The van der Waals surface area contributed by atoms with E-state index in [4.69, 9.17) is 36.9 Å². The number of aliphatic imine (C=N–C) groups is 1. The predicted octanol–water partition coefficient (Wildman–Crippen LogP) is 4.70. The van der Waals surface area contributed by atoms with Crippen molar-refractivity contribution >= 4 is 52.2 Å². The Bertz CT molecular complexity index is 906. The molecule has 0 saturated carbocycles. The van der Waals surface area contributed by atoms with Gasteiger partial charge in [-0.3, -0.25) is 4.72 Å². The van der Waals surface area contributed by atoms with Crippen LogP contribution in [0.2, 0.25) is 10.0 Å². The number of phenols is 1. The van der Waals surface area contributed by atoms with Crippen LogP contribution in [0.1, 0.15) is 11.1 Å². The molecule has 1 atom stereocenters. The van der Waals surface area contributed by atoms with Gasteiger partial charge in [0.1, 0.15) is 27.2 Å². The van der Waals surface area contributed by atoms with Gasteiger partial charge in [-0.2, -0.15) is 4.21 Å². The van der Waals surface area contributed by atoms with E-state index < -0.39 is 17.0 Å². The Morgan fingerprint density at radius 2 is 1.93 bits per heavy atom. The largest absolute Gasteiger partial charge is 0.504 e. The summed E-state index contributed by atoms with van der Waals surface area (Å²) in [6.07, 6.45) is 1.11. The third-order valence-corrected chi connectivity index (χ3v) is 4.88. The molecule has 0 saturated heterocycles. The van der Waals surface area contributed by atoms with Crippen LogP contribution in [0.3, 0.4) is 0 Å². The first-order valence-corrected chi connectivity index (χ1v) is 9.40. The number of hydrogen-bond donors (Lipinski definition) is 2. The summed E-state index contributed by atoms with van der Waals surface area (Å²) in [5, 5.41) is 10.1. The molecule has 0 fully saturated rings. The van der Waals surface area contributed by atoms with E-state index in [1.807, 2.05) is 26.0 Å². The van der Waals surface area contributed by atoms with Crippen LogP contribution in [-0.4, -0.2) is 29.9 Å². The molecule has 2 rings (SSSR count). The summed E-state index contributed by atoms with van der Waals surface area (Å²) in [6, 6.07) is 5.41. The maximum absolute atomic E-state index is 12.4. The zero-order chi connectivity index (χ0) is 20.1. The SMILES string of the molecule is COC=Nc1c(Cl)c(O)c(NS(=O)Oc2ccc(C)cc2C)c(Cl)c1OC. The standard InChI is InChI=1S/C17H18Cl2N2O5S/c1-9-5-6-11(10(2)7-9)26-27(23)21-14-13(19)17(25-4)15(20-8-24-3)12(18)16(14)22/h5-8,21-22H,1-4H3. The fraction of sp³-hybridized carbons (Fsp3) is 0.235. The number of aryl methyl sites for hydroxylation is 2. The molecule has 0 aromatic heterocycles. The Morgan fingerprint density at radius 3 is 2.52 bits per heavy atom. The zero-order valence-electron chi connectivity index (χ0n) is 15.0. The molecule has 0 heterocycles. The molecule has 2 N–H and O–H groups in total. The lowest BCUT2D eigenvalue weighted by molar-refractivity contribution is 0.411. The van der Waals surface area contributed by atoms with Gasteiger partial charge in [0.05, 0.1) is 14.2 Å². The minimum atomic E-state index is -2.06. The van der Waals surface area contributed by atoms with Crippen molar-refractivity contribution in [1.82, 2.24) is 0 Å². The van der Waals surface area contributed by atoms with Crippen molar-refractivity contribution in [1.29, 1.82) is 0 Å². The van der Waals surface area contributed by atoms with Crippen LogP contribution in [0.5, 0.6) is 17.2 Å². The Labute approximate surface area is 169 Å². The van der Waals surface area contributed by atoms with Crippen molar-refractivity contribution < 1.29 is 23.0 Å². The number of ether oxygens (including phenoxy) is 2. The number of rotatable bonds is 7.